The van der Waals surface area contributed by atoms with Crippen LogP contribution in [0.4, 0.5) is 0 Å². The summed E-state index contributed by atoms with van der Waals surface area (Å²) in [6.45, 7) is 7.08. The number of likely N-dealkylation sites (N-methyl/N-ethyl adjacent to an activating group) is 2. The molecule has 4 nitrogen and oxygen atoms in total. The Balaban J connectivity index is 1.66. The number of likely N-dealkylation sites (tertiary alicyclic amines) is 1. The van der Waals surface area contributed by atoms with E-state index in [1.807, 2.05) is 0 Å². The maximum Gasteiger partial charge on any atom is 0.0320 e. The average molecular weight is 226 g/mol. The lowest BCUT2D eigenvalue weighted by atomic mass is 10.1. The second-order valence-electron chi connectivity index (χ2n) is 5.42. The molecule has 4 heteroatoms. The van der Waals surface area contributed by atoms with Crippen LogP contribution in [0, 0.1) is 0 Å². The smallest absolute Gasteiger partial charge is 0.0320 e. The zero-order chi connectivity index (χ0) is 11.4. The summed E-state index contributed by atoms with van der Waals surface area (Å²) in [5.41, 5.74) is 0. The fourth-order valence-corrected chi connectivity index (χ4v) is 2.77. The number of nitrogens with one attached hydrogen (secondary N) is 2. The number of nitrogens with zero attached hydrogens (tertiary/aromatic N) is 2. The first-order valence-electron chi connectivity index (χ1n) is 6.58. The summed E-state index contributed by atoms with van der Waals surface area (Å²) in [5, 5.41) is 7.29. The molecule has 0 spiro atoms. The molecule has 2 saturated heterocycles. The molecule has 2 aliphatic heterocycles. The molecule has 0 aliphatic carbocycles. The molecule has 2 aliphatic rings. The van der Waals surface area contributed by atoms with E-state index in [1.54, 1.807) is 0 Å². The lowest BCUT2D eigenvalue weighted by Crippen LogP contribution is -2.55. The van der Waals surface area contributed by atoms with Crippen molar-refractivity contribution in [3.8, 4) is 0 Å². The van der Waals surface area contributed by atoms with Gasteiger partial charge in [0.1, 0.15) is 0 Å². The number of hydrogen-bond acceptors (Lipinski definition) is 4. The van der Waals surface area contributed by atoms with Gasteiger partial charge < -0.3 is 20.4 Å². The van der Waals surface area contributed by atoms with Gasteiger partial charge in [-0.05, 0) is 33.5 Å². The van der Waals surface area contributed by atoms with E-state index in [9.17, 15) is 0 Å². The average Bonchev–Trinajstić information content (AvgIpc) is 2.27. The maximum absolute atomic E-state index is 3.71. The van der Waals surface area contributed by atoms with E-state index in [0.29, 0.717) is 12.1 Å². The third-order valence-corrected chi connectivity index (χ3v) is 3.74. The summed E-state index contributed by atoms with van der Waals surface area (Å²) in [6.07, 6.45) is 2.68. The van der Waals surface area contributed by atoms with Crippen LogP contribution in [-0.2, 0) is 0 Å². The van der Waals surface area contributed by atoms with Gasteiger partial charge in [-0.15, -0.1) is 0 Å². The Morgan fingerprint density at radius 3 is 2.75 bits per heavy atom. The summed E-state index contributed by atoms with van der Waals surface area (Å²) in [4.78, 5) is 4.84. The van der Waals surface area contributed by atoms with Crippen LogP contribution in [0.15, 0.2) is 0 Å². The zero-order valence-electron chi connectivity index (χ0n) is 10.7. The molecule has 0 aromatic heterocycles. The first-order valence-corrected chi connectivity index (χ1v) is 6.58. The lowest BCUT2D eigenvalue weighted by Gasteiger charge is -2.34. The van der Waals surface area contributed by atoms with E-state index in [1.165, 1.54) is 39.0 Å². The fraction of sp³-hybridized carbons (Fsp3) is 1.00. The van der Waals surface area contributed by atoms with Crippen molar-refractivity contribution in [1.82, 2.24) is 20.4 Å². The van der Waals surface area contributed by atoms with Gasteiger partial charge in [0.05, 0.1) is 0 Å². The minimum atomic E-state index is 0.631. The second-order valence-corrected chi connectivity index (χ2v) is 5.42. The van der Waals surface area contributed by atoms with Crippen LogP contribution in [0.25, 0.3) is 0 Å². The molecule has 0 saturated carbocycles. The van der Waals surface area contributed by atoms with Crippen molar-refractivity contribution in [2.75, 3.05) is 53.4 Å². The largest absolute Gasteiger partial charge is 0.311 e. The van der Waals surface area contributed by atoms with Gasteiger partial charge in [-0.3, -0.25) is 0 Å². The molecule has 2 atom stereocenters. The van der Waals surface area contributed by atoms with Crippen molar-refractivity contribution in [3.05, 3.63) is 0 Å². The van der Waals surface area contributed by atoms with Gasteiger partial charge >= 0.3 is 0 Å². The molecule has 2 N–H and O–H groups in total. The minimum Gasteiger partial charge on any atom is -0.311 e. The zero-order valence-corrected chi connectivity index (χ0v) is 10.7. The molecular formula is C12H26N4. The summed E-state index contributed by atoms with van der Waals surface area (Å²) in [5.74, 6) is 0. The van der Waals surface area contributed by atoms with Crippen LogP contribution in [0.1, 0.15) is 12.8 Å². The van der Waals surface area contributed by atoms with Crippen LogP contribution in [-0.4, -0.2) is 75.2 Å². The summed E-state index contributed by atoms with van der Waals surface area (Å²) in [7, 11) is 4.43. The number of piperazine rings is 1. The van der Waals surface area contributed by atoms with Gasteiger partial charge in [-0.1, -0.05) is 0 Å². The molecule has 2 heterocycles. The Hall–Kier alpha value is -0.160. The quantitative estimate of drug-likeness (QED) is 0.684. The summed E-state index contributed by atoms with van der Waals surface area (Å²) >= 11 is 0. The highest BCUT2D eigenvalue weighted by atomic mass is 15.2. The molecule has 0 bridgehead atoms. The number of hydrogen-bond donors (Lipinski definition) is 2. The van der Waals surface area contributed by atoms with Gasteiger partial charge in [0.15, 0.2) is 0 Å². The molecule has 2 unspecified atom stereocenters. The topological polar surface area (TPSA) is 30.5 Å². The molecule has 0 radical (unpaired) electrons. The molecule has 16 heavy (non-hydrogen) atoms. The first kappa shape index (κ1) is 12.3. The lowest BCUT2D eigenvalue weighted by molar-refractivity contribution is 0.202. The third kappa shape index (κ3) is 3.70. The van der Waals surface area contributed by atoms with Gasteiger partial charge in [-0.2, -0.15) is 0 Å². The Morgan fingerprint density at radius 2 is 2.00 bits per heavy atom. The van der Waals surface area contributed by atoms with E-state index in [-0.39, 0.29) is 0 Å². The maximum atomic E-state index is 3.71. The number of piperidine rings is 1. The molecule has 0 aromatic carbocycles. The van der Waals surface area contributed by atoms with Crippen LogP contribution < -0.4 is 10.6 Å². The van der Waals surface area contributed by atoms with Crippen molar-refractivity contribution in [2.24, 2.45) is 0 Å². The molecule has 0 aromatic rings. The highest BCUT2D eigenvalue weighted by Gasteiger charge is 2.20. The Bertz CT molecular complexity index is 187. The SMILES string of the molecule is CN1CCCC(NCC2CN(C)CCN2)C1. The van der Waals surface area contributed by atoms with Gasteiger partial charge in [-0.25, -0.2) is 0 Å². The molecular weight excluding hydrogens is 200 g/mol. The van der Waals surface area contributed by atoms with Gasteiger partial charge in [0.25, 0.3) is 0 Å². The van der Waals surface area contributed by atoms with Crippen molar-refractivity contribution >= 4 is 0 Å². The van der Waals surface area contributed by atoms with Crippen molar-refractivity contribution in [1.29, 1.82) is 0 Å². The van der Waals surface area contributed by atoms with Crippen LogP contribution >= 0.6 is 0 Å². The van der Waals surface area contributed by atoms with Crippen LogP contribution in [0.2, 0.25) is 0 Å². The Labute approximate surface area is 99.4 Å². The van der Waals surface area contributed by atoms with Crippen molar-refractivity contribution < 1.29 is 0 Å². The predicted octanol–water partition coefficient (Wildman–Crippen LogP) is -0.426. The fourth-order valence-electron chi connectivity index (χ4n) is 2.77. The normalized spacial score (nSPS) is 34.1. The summed E-state index contributed by atoms with van der Waals surface area (Å²) < 4.78 is 0. The van der Waals surface area contributed by atoms with Crippen LogP contribution in [0.3, 0.4) is 0 Å². The first-order chi connectivity index (χ1) is 7.74. The standard InChI is InChI=1S/C12H26N4/c1-15-6-3-4-11(9-15)14-8-12-10-16(2)7-5-13-12/h11-14H,3-10H2,1-2H3. The van der Waals surface area contributed by atoms with Crippen LogP contribution in [0.5, 0.6) is 0 Å². The Morgan fingerprint density at radius 1 is 1.19 bits per heavy atom. The van der Waals surface area contributed by atoms with E-state index in [0.717, 1.165) is 13.1 Å². The monoisotopic (exact) mass is 226 g/mol. The summed E-state index contributed by atoms with van der Waals surface area (Å²) in [6, 6.07) is 1.33. The Kier molecular flexibility index (Phi) is 4.58. The third-order valence-electron chi connectivity index (χ3n) is 3.74. The van der Waals surface area contributed by atoms with E-state index in [4.69, 9.17) is 0 Å². The minimum absolute atomic E-state index is 0.631. The molecule has 2 rings (SSSR count). The predicted molar refractivity (Wildman–Crippen MR) is 67.8 cm³/mol. The van der Waals surface area contributed by atoms with Crippen molar-refractivity contribution in [3.63, 3.8) is 0 Å². The highest BCUT2D eigenvalue weighted by Crippen LogP contribution is 2.07. The molecule has 94 valence electrons. The second kappa shape index (κ2) is 5.96. The van der Waals surface area contributed by atoms with Gasteiger partial charge in [0.2, 0.25) is 0 Å². The van der Waals surface area contributed by atoms with E-state index in [2.05, 4.69) is 34.5 Å². The molecule has 2 fully saturated rings. The molecule has 0 amide bonds. The van der Waals surface area contributed by atoms with E-state index < -0.39 is 0 Å². The van der Waals surface area contributed by atoms with Crippen molar-refractivity contribution in [2.45, 2.75) is 24.9 Å². The highest BCUT2D eigenvalue weighted by molar-refractivity contribution is 4.82. The number of rotatable bonds is 3. The van der Waals surface area contributed by atoms with E-state index >= 15 is 0 Å². The van der Waals surface area contributed by atoms with Gasteiger partial charge in [0, 0.05) is 44.8 Å².